The molecule has 1 aromatic heterocycles. The number of pyridine rings is 1. The summed E-state index contributed by atoms with van der Waals surface area (Å²) in [6, 6.07) is 1.36. The molecule has 9 heteroatoms. The molecule has 1 saturated heterocycles. The number of nitrogens with zero attached hydrogens (tertiary/aromatic N) is 2. The van der Waals surface area contributed by atoms with Crippen molar-refractivity contribution >= 4 is 22.0 Å². The van der Waals surface area contributed by atoms with Crippen molar-refractivity contribution in [2.24, 2.45) is 5.92 Å². The van der Waals surface area contributed by atoms with Gasteiger partial charge in [0.2, 0.25) is 0 Å². The first-order valence-electron chi connectivity index (χ1n) is 8.35. The monoisotopic (exact) mass is 436 g/mol. The summed E-state index contributed by atoms with van der Waals surface area (Å²) in [5.41, 5.74) is -2.30. The molecule has 2 unspecified atom stereocenters. The van der Waals surface area contributed by atoms with Crippen molar-refractivity contribution in [1.82, 2.24) is 9.47 Å². The molecule has 26 heavy (non-hydrogen) atoms. The summed E-state index contributed by atoms with van der Waals surface area (Å²) in [4.78, 5) is 26.4. The number of hydrogen-bond acceptors (Lipinski definition) is 3. The Morgan fingerprint density at radius 1 is 1.23 bits per heavy atom. The van der Waals surface area contributed by atoms with Crippen LogP contribution in [0.4, 0.5) is 18.0 Å². The molecule has 1 amide bonds. The Morgan fingerprint density at radius 3 is 2.46 bits per heavy atom. The van der Waals surface area contributed by atoms with Crippen LogP contribution in [0.1, 0.15) is 44.4 Å². The number of piperidine rings is 1. The topological polar surface area (TPSA) is 51.5 Å². The lowest BCUT2D eigenvalue weighted by atomic mass is 9.83. The van der Waals surface area contributed by atoms with E-state index in [9.17, 15) is 22.8 Å². The quantitative estimate of drug-likeness (QED) is 0.617. The fraction of sp³-hybridized carbons (Fsp3) is 0.647. The van der Waals surface area contributed by atoms with Gasteiger partial charge in [0, 0.05) is 35.7 Å². The van der Waals surface area contributed by atoms with E-state index >= 15 is 0 Å². The van der Waals surface area contributed by atoms with E-state index in [2.05, 4.69) is 15.9 Å². The minimum absolute atomic E-state index is 0.0753. The van der Waals surface area contributed by atoms with Gasteiger partial charge in [-0.25, -0.2) is 4.79 Å². The Morgan fingerprint density at radius 2 is 1.88 bits per heavy atom. The lowest BCUT2D eigenvalue weighted by molar-refractivity contribution is -0.139. The Kier molecular flexibility index (Phi) is 4.65. The van der Waals surface area contributed by atoms with Crippen LogP contribution in [0.15, 0.2) is 15.3 Å². The molecule has 3 rings (SSSR count). The number of halogens is 4. The average Bonchev–Trinajstić information content (AvgIpc) is 2.45. The lowest BCUT2D eigenvalue weighted by Gasteiger charge is -2.43. The molecule has 3 heterocycles. The van der Waals surface area contributed by atoms with E-state index in [-0.39, 0.29) is 22.9 Å². The highest BCUT2D eigenvalue weighted by Crippen LogP contribution is 2.39. The Bertz CT molecular complexity index is 798. The second-order valence-corrected chi connectivity index (χ2v) is 8.74. The van der Waals surface area contributed by atoms with Crippen LogP contribution in [0.2, 0.25) is 0 Å². The Balaban J connectivity index is 1.94. The molecule has 2 atom stereocenters. The molecule has 0 aromatic carbocycles. The SMILES string of the molecule is CC(C)(C)OC(=O)N1CC2CC(C1)c1cc(Br)c(C(F)(F)F)c(=O)n1C2. The number of fused-ring (bicyclic) bond motifs is 4. The van der Waals surface area contributed by atoms with Crippen molar-refractivity contribution in [3.05, 3.63) is 32.2 Å². The molecule has 0 aliphatic carbocycles. The number of aromatic nitrogens is 1. The van der Waals surface area contributed by atoms with E-state index in [0.717, 1.165) is 6.42 Å². The summed E-state index contributed by atoms with van der Waals surface area (Å²) < 4.78 is 45.9. The molecular weight excluding hydrogens is 417 g/mol. The molecule has 0 saturated carbocycles. The van der Waals surface area contributed by atoms with Gasteiger partial charge in [-0.1, -0.05) is 0 Å². The maximum absolute atomic E-state index is 13.2. The minimum Gasteiger partial charge on any atom is -0.444 e. The van der Waals surface area contributed by atoms with Gasteiger partial charge in [0.1, 0.15) is 11.2 Å². The number of rotatable bonds is 0. The van der Waals surface area contributed by atoms with E-state index in [1.807, 2.05) is 0 Å². The van der Waals surface area contributed by atoms with Crippen LogP contribution in [0.3, 0.4) is 0 Å². The van der Waals surface area contributed by atoms with Crippen LogP contribution in [0, 0.1) is 5.92 Å². The predicted octanol–water partition coefficient (Wildman–Crippen LogP) is 3.98. The van der Waals surface area contributed by atoms with Crippen molar-refractivity contribution in [2.45, 2.75) is 51.4 Å². The molecule has 0 spiro atoms. The third-order valence-electron chi connectivity index (χ3n) is 4.62. The van der Waals surface area contributed by atoms with Gasteiger partial charge in [0.25, 0.3) is 5.56 Å². The van der Waals surface area contributed by atoms with E-state index in [1.54, 1.807) is 25.7 Å². The van der Waals surface area contributed by atoms with Gasteiger partial charge in [-0.05, 0) is 55.1 Å². The fourth-order valence-electron chi connectivity index (χ4n) is 3.70. The molecule has 2 aliphatic heterocycles. The van der Waals surface area contributed by atoms with Crippen LogP contribution in [-0.4, -0.2) is 34.3 Å². The van der Waals surface area contributed by atoms with Crippen LogP contribution >= 0.6 is 15.9 Å². The summed E-state index contributed by atoms with van der Waals surface area (Å²) in [7, 11) is 0. The maximum atomic E-state index is 13.2. The third kappa shape index (κ3) is 3.63. The van der Waals surface area contributed by atoms with Gasteiger partial charge in [0.15, 0.2) is 0 Å². The van der Waals surface area contributed by atoms with Crippen LogP contribution in [0.5, 0.6) is 0 Å². The van der Waals surface area contributed by atoms with Gasteiger partial charge in [0.05, 0.1) is 0 Å². The van der Waals surface area contributed by atoms with Gasteiger partial charge in [-0.2, -0.15) is 13.2 Å². The van der Waals surface area contributed by atoms with Crippen molar-refractivity contribution in [1.29, 1.82) is 0 Å². The molecule has 144 valence electrons. The van der Waals surface area contributed by atoms with E-state index in [1.165, 1.54) is 10.6 Å². The lowest BCUT2D eigenvalue weighted by Crippen LogP contribution is -2.50. The average molecular weight is 437 g/mol. The number of carbonyl (C=O) groups is 1. The van der Waals surface area contributed by atoms with Gasteiger partial charge >= 0.3 is 12.3 Å². The number of likely N-dealkylation sites (tertiary alicyclic amines) is 1. The summed E-state index contributed by atoms with van der Waals surface area (Å²) >= 11 is 2.90. The molecule has 1 aromatic rings. The summed E-state index contributed by atoms with van der Waals surface area (Å²) in [5.74, 6) is -0.268. The smallest absolute Gasteiger partial charge is 0.422 e. The molecule has 0 radical (unpaired) electrons. The molecule has 0 N–H and O–H groups in total. The van der Waals surface area contributed by atoms with Crippen molar-refractivity contribution < 1.29 is 22.7 Å². The molecule has 1 fully saturated rings. The van der Waals surface area contributed by atoms with Crippen molar-refractivity contribution in [3.8, 4) is 0 Å². The Labute approximate surface area is 157 Å². The first-order chi connectivity index (χ1) is 11.9. The third-order valence-corrected chi connectivity index (χ3v) is 5.24. The number of alkyl halides is 3. The van der Waals surface area contributed by atoms with Crippen LogP contribution < -0.4 is 5.56 Å². The largest absolute Gasteiger partial charge is 0.444 e. The number of ether oxygens (including phenoxy) is 1. The summed E-state index contributed by atoms with van der Waals surface area (Å²) in [6.07, 6.45) is -4.42. The first kappa shape index (κ1) is 19.3. The Hall–Kier alpha value is -1.51. The van der Waals surface area contributed by atoms with Crippen molar-refractivity contribution in [2.75, 3.05) is 13.1 Å². The maximum Gasteiger partial charge on any atom is 0.422 e. The zero-order valence-electron chi connectivity index (χ0n) is 14.7. The van der Waals surface area contributed by atoms with Crippen molar-refractivity contribution in [3.63, 3.8) is 0 Å². The van der Waals surface area contributed by atoms with E-state index in [0.29, 0.717) is 18.8 Å². The molecular formula is C17H20BrF3N2O3. The number of carbonyl (C=O) groups excluding carboxylic acids is 1. The highest BCUT2D eigenvalue weighted by molar-refractivity contribution is 9.10. The highest BCUT2D eigenvalue weighted by Gasteiger charge is 2.42. The zero-order chi connectivity index (χ0) is 19.4. The first-order valence-corrected chi connectivity index (χ1v) is 9.14. The van der Waals surface area contributed by atoms with Gasteiger partial charge in [-0.15, -0.1) is 0 Å². The fourth-order valence-corrected chi connectivity index (χ4v) is 4.33. The van der Waals surface area contributed by atoms with E-state index in [4.69, 9.17) is 4.74 Å². The normalized spacial score (nSPS) is 22.8. The highest BCUT2D eigenvalue weighted by atomic mass is 79.9. The van der Waals surface area contributed by atoms with Crippen LogP contribution in [0.25, 0.3) is 0 Å². The minimum atomic E-state index is -4.72. The van der Waals surface area contributed by atoms with Gasteiger partial charge in [-0.3, -0.25) is 4.79 Å². The number of amides is 1. The van der Waals surface area contributed by atoms with Crippen LogP contribution in [-0.2, 0) is 17.5 Å². The van der Waals surface area contributed by atoms with Gasteiger partial charge < -0.3 is 14.2 Å². The zero-order valence-corrected chi connectivity index (χ0v) is 16.3. The second kappa shape index (κ2) is 6.28. The standard InChI is InChI=1S/C17H20BrF3N2O3/c1-16(2,3)26-15(25)22-6-9-4-10(8-22)12-5-11(18)13(17(19,20)21)14(24)23(12)7-9/h5,9-10H,4,6-8H2,1-3H3. The molecule has 2 aliphatic rings. The summed E-state index contributed by atoms with van der Waals surface area (Å²) in [6.45, 7) is 6.19. The molecule has 5 nitrogen and oxygen atoms in total. The summed E-state index contributed by atoms with van der Waals surface area (Å²) in [5, 5.41) is 0. The number of hydrogen-bond donors (Lipinski definition) is 0. The van der Waals surface area contributed by atoms with E-state index < -0.39 is 29.0 Å². The molecule has 2 bridgehead atoms. The second-order valence-electron chi connectivity index (χ2n) is 7.89. The predicted molar refractivity (Wildman–Crippen MR) is 92.1 cm³/mol.